The molecule has 4 amide bonds. The van der Waals surface area contributed by atoms with E-state index in [1.54, 1.807) is 0 Å². The molecule has 30 heavy (non-hydrogen) atoms. The number of benzene rings is 1. The second kappa shape index (κ2) is 7.55. The maximum absolute atomic E-state index is 12.8. The lowest BCUT2D eigenvalue weighted by molar-refractivity contribution is -0.134. The zero-order chi connectivity index (χ0) is 21.5. The van der Waals surface area contributed by atoms with Gasteiger partial charge >= 0.3 is 6.03 Å². The summed E-state index contributed by atoms with van der Waals surface area (Å²) >= 11 is 0. The molecule has 162 valence electrons. The number of hydrazine groups is 1. The fourth-order valence-corrected chi connectivity index (χ4v) is 5.39. The standard InChI is InChI=1S/C19H24N4O6S/c1-29-14-8-5-12(11-15(14)30(27,28)22-13-6-7-13)16(24)21-23-17(25)19(20-18(23)26)9-3-2-4-10-19/h5,8,11,13,22H,2-4,6-7,9-10H2,1H3,(H,20,26)(H,21,24). The van der Waals surface area contributed by atoms with Crippen molar-refractivity contribution in [1.82, 2.24) is 20.5 Å². The van der Waals surface area contributed by atoms with Crippen LogP contribution in [-0.2, 0) is 14.8 Å². The predicted octanol–water partition coefficient (Wildman–Crippen LogP) is 1.04. The molecule has 3 fully saturated rings. The van der Waals surface area contributed by atoms with Gasteiger partial charge in [0.2, 0.25) is 10.0 Å². The van der Waals surface area contributed by atoms with E-state index in [1.807, 2.05) is 0 Å². The lowest BCUT2D eigenvalue weighted by Gasteiger charge is -2.30. The van der Waals surface area contributed by atoms with E-state index in [0.29, 0.717) is 17.9 Å². The van der Waals surface area contributed by atoms with Crippen LogP contribution < -0.4 is 20.2 Å². The molecule has 0 unspecified atom stereocenters. The molecule has 4 rings (SSSR count). The highest BCUT2D eigenvalue weighted by molar-refractivity contribution is 7.89. The number of amides is 4. The summed E-state index contributed by atoms with van der Waals surface area (Å²) in [4.78, 5) is 37.7. The van der Waals surface area contributed by atoms with Gasteiger partial charge < -0.3 is 10.1 Å². The molecule has 11 heteroatoms. The number of carbonyl (C=O) groups excluding carboxylic acids is 3. The van der Waals surface area contributed by atoms with Crippen molar-refractivity contribution < 1.29 is 27.5 Å². The second-order valence-electron chi connectivity index (χ2n) is 7.92. The van der Waals surface area contributed by atoms with Gasteiger partial charge in [0.05, 0.1) is 7.11 Å². The van der Waals surface area contributed by atoms with Gasteiger partial charge in [-0.1, -0.05) is 19.3 Å². The van der Waals surface area contributed by atoms with Gasteiger partial charge in [-0.2, -0.15) is 5.01 Å². The fraction of sp³-hybridized carbons (Fsp3) is 0.526. The van der Waals surface area contributed by atoms with Crippen molar-refractivity contribution in [1.29, 1.82) is 0 Å². The Kier molecular flexibility index (Phi) is 5.18. The van der Waals surface area contributed by atoms with Crippen LogP contribution in [0.5, 0.6) is 5.75 Å². The van der Waals surface area contributed by atoms with Crippen molar-refractivity contribution in [3.8, 4) is 5.75 Å². The van der Waals surface area contributed by atoms with Gasteiger partial charge in [-0.3, -0.25) is 15.0 Å². The third-order valence-corrected chi connectivity index (χ3v) is 7.24. The number of methoxy groups -OCH3 is 1. The molecule has 1 heterocycles. The smallest absolute Gasteiger partial charge is 0.344 e. The summed E-state index contributed by atoms with van der Waals surface area (Å²) in [6, 6.07) is 3.11. The Morgan fingerprint density at radius 1 is 1.20 bits per heavy atom. The van der Waals surface area contributed by atoms with Crippen LogP contribution in [0.15, 0.2) is 23.1 Å². The van der Waals surface area contributed by atoms with Crippen LogP contribution in [0.3, 0.4) is 0 Å². The van der Waals surface area contributed by atoms with Crippen molar-refractivity contribution in [2.45, 2.75) is 61.4 Å². The molecule has 0 atom stereocenters. The molecular formula is C19H24N4O6S. The van der Waals surface area contributed by atoms with E-state index in [0.717, 1.165) is 32.1 Å². The maximum Gasteiger partial charge on any atom is 0.344 e. The number of nitrogens with one attached hydrogen (secondary N) is 3. The molecule has 1 saturated heterocycles. The Morgan fingerprint density at radius 3 is 2.53 bits per heavy atom. The van der Waals surface area contributed by atoms with Crippen LogP contribution >= 0.6 is 0 Å². The lowest BCUT2D eigenvalue weighted by Crippen LogP contribution is -2.50. The van der Waals surface area contributed by atoms with E-state index in [4.69, 9.17) is 4.74 Å². The summed E-state index contributed by atoms with van der Waals surface area (Å²) in [5.74, 6) is -1.16. The largest absolute Gasteiger partial charge is 0.495 e. The van der Waals surface area contributed by atoms with E-state index in [9.17, 15) is 22.8 Å². The second-order valence-corrected chi connectivity index (χ2v) is 9.60. The lowest BCUT2D eigenvalue weighted by atomic mass is 9.82. The van der Waals surface area contributed by atoms with E-state index in [2.05, 4.69) is 15.5 Å². The molecule has 1 aromatic carbocycles. The zero-order valence-corrected chi connectivity index (χ0v) is 17.4. The minimum Gasteiger partial charge on any atom is -0.495 e. The molecule has 10 nitrogen and oxygen atoms in total. The van der Waals surface area contributed by atoms with Crippen molar-refractivity contribution in [3.63, 3.8) is 0 Å². The van der Waals surface area contributed by atoms with E-state index in [1.165, 1.54) is 25.3 Å². The minimum atomic E-state index is -3.88. The molecule has 3 N–H and O–H groups in total. The highest BCUT2D eigenvalue weighted by Gasteiger charge is 2.52. The maximum atomic E-state index is 12.8. The van der Waals surface area contributed by atoms with Gasteiger partial charge in [-0.15, -0.1) is 0 Å². The van der Waals surface area contributed by atoms with Crippen molar-refractivity contribution in [3.05, 3.63) is 23.8 Å². The average Bonchev–Trinajstić information content (AvgIpc) is 3.51. The van der Waals surface area contributed by atoms with E-state index >= 15 is 0 Å². The molecule has 0 aromatic heterocycles. The first-order chi connectivity index (χ1) is 14.3. The Morgan fingerprint density at radius 2 is 1.90 bits per heavy atom. The third-order valence-electron chi connectivity index (χ3n) is 5.70. The first-order valence-electron chi connectivity index (χ1n) is 9.94. The number of hydrogen-bond donors (Lipinski definition) is 3. The first kappa shape index (κ1) is 20.6. The number of hydrogen-bond acceptors (Lipinski definition) is 6. The molecule has 1 aromatic rings. The van der Waals surface area contributed by atoms with Crippen molar-refractivity contribution >= 4 is 27.9 Å². The number of imide groups is 1. The number of rotatable bonds is 6. The Bertz CT molecular complexity index is 998. The Labute approximate surface area is 174 Å². The zero-order valence-electron chi connectivity index (χ0n) is 16.6. The SMILES string of the molecule is COc1ccc(C(=O)NN2C(=O)NC3(CCCCC3)C2=O)cc1S(=O)(=O)NC1CC1. The molecule has 0 radical (unpaired) electrons. The van der Waals surface area contributed by atoms with Crippen LogP contribution in [0.4, 0.5) is 4.79 Å². The average molecular weight is 436 g/mol. The third kappa shape index (κ3) is 3.74. The minimum absolute atomic E-state index is 0.0165. The Hall–Kier alpha value is -2.66. The first-order valence-corrected chi connectivity index (χ1v) is 11.4. The molecule has 1 spiro atoms. The predicted molar refractivity (Wildman–Crippen MR) is 105 cm³/mol. The fourth-order valence-electron chi connectivity index (χ4n) is 3.89. The molecule has 2 aliphatic carbocycles. The quantitative estimate of drug-likeness (QED) is 0.571. The number of urea groups is 1. The summed E-state index contributed by atoms with van der Waals surface area (Å²) < 4.78 is 33.0. The Balaban J connectivity index is 1.55. The highest BCUT2D eigenvalue weighted by atomic mass is 32.2. The molecule has 2 saturated carbocycles. The van der Waals surface area contributed by atoms with Gasteiger partial charge in [0.15, 0.2) is 0 Å². The van der Waals surface area contributed by atoms with Gasteiger partial charge in [0, 0.05) is 11.6 Å². The van der Waals surface area contributed by atoms with Crippen LogP contribution in [0.2, 0.25) is 0 Å². The number of ether oxygens (including phenoxy) is 1. The van der Waals surface area contributed by atoms with E-state index < -0.39 is 33.4 Å². The van der Waals surface area contributed by atoms with Crippen LogP contribution in [0.25, 0.3) is 0 Å². The highest BCUT2D eigenvalue weighted by Crippen LogP contribution is 2.33. The molecule has 3 aliphatic rings. The van der Waals surface area contributed by atoms with Crippen LogP contribution in [-0.4, -0.2) is 50.0 Å². The molecule has 1 aliphatic heterocycles. The topological polar surface area (TPSA) is 134 Å². The summed E-state index contributed by atoms with van der Waals surface area (Å²) in [5.41, 5.74) is 1.33. The van der Waals surface area contributed by atoms with Gasteiger partial charge in [-0.05, 0) is 43.9 Å². The van der Waals surface area contributed by atoms with Gasteiger partial charge in [-0.25, -0.2) is 17.9 Å². The normalized spacial score (nSPS) is 20.9. The number of nitrogens with zero attached hydrogens (tertiary/aromatic N) is 1. The van der Waals surface area contributed by atoms with Gasteiger partial charge in [0.1, 0.15) is 16.2 Å². The van der Waals surface area contributed by atoms with Crippen molar-refractivity contribution in [2.24, 2.45) is 0 Å². The van der Waals surface area contributed by atoms with Crippen LogP contribution in [0.1, 0.15) is 55.3 Å². The summed E-state index contributed by atoms with van der Waals surface area (Å²) in [6.45, 7) is 0. The number of sulfonamides is 1. The summed E-state index contributed by atoms with van der Waals surface area (Å²) in [7, 11) is -2.55. The summed E-state index contributed by atoms with van der Waals surface area (Å²) in [5, 5.41) is 3.39. The van der Waals surface area contributed by atoms with Crippen molar-refractivity contribution in [2.75, 3.05) is 7.11 Å². The molecule has 0 bridgehead atoms. The number of carbonyl (C=O) groups is 3. The molecular weight excluding hydrogens is 412 g/mol. The summed E-state index contributed by atoms with van der Waals surface area (Å²) in [6.07, 6.45) is 5.22. The monoisotopic (exact) mass is 436 g/mol. The van der Waals surface area contributed by atoms with E-state index in [-0.39, 0.29) is 22.3 Å². The van der Waals surface area contributed by atoms with Gasteiger partial charge in [0.25, 0.3) is 11.8 Å². The van der Waals surface area contributed by atoms with Crippen LogP contribution in [0, 0.1) is 0 Å².